The number of nitrogens with one attached hydrogen (secondary N) is 2. The molecular weight excluding hydrogens is 342 g/mol. The molecule has 140 valence electrons. The Morgan fingerprint density at radius 3 is 2.93 bits per heavy atom. The fraction of sp³-hybridized carbons (Fsp3) is 0.400. The molecule has 0 saturated heterocycles. The molecule has 0 bridgehead atoms. The van der Waals surface area contributed by atoms with Crippen LogP contribution in [0.2, 0.25) is 0 Å². The van der Waals surface area contributed by atoms with Crippen LogP contribution in [-0.4, -0.2) is 38.0 Å². The van der Waals surface area contributed by atoms with E-state index < -0.39 is 11.7 Å². The Hall–Kier alpha value is -2.96. The number of amides is 1. The number of aromatic nitrogens is 4. The zero-order valence-electron chi connectivity index (χ0n) is 15.4. The second-order valence-electron chi connectivity index (χ2n) is 7.00. The van der Waals surface area contributed by atoms with Gasteiger partial charge >= 0.3 is 0 Å². The highest BCUT2D eigenvalue weighted by molar-refractivity contribution is 6.45. The number of carbonyl (C=O) groups excluding carboxylic acids is 2. The molecule has 3 heterocycles. The summed E-state index contributed by atoms with van der Waals surface area (Å²) in [5.41, 5.74) is 2.01. The van der Waals surface area contributed by atoms with E-state index in [1.54, 1.807) is 0 Å². The van der Waals surface area contributed by atoms with Gasteiger partial charge in [0, 0.05) is 42.5 Å². The number of benzene rings is 1. The third-order valence-corrected chi connectivity index (χ3v) is 5.15. The van der Waals surface area contributed by atoms with Gasteiger partial charge in [0.15, 0.2) is 0 Å². The van der Waals surface area contributed by atoms with E-state index >= 15 is 0 Å². The van der Waals surface area contributed by atoms with Crippen LogP contribution in [0.15, 0.2) is 24.3 Å². The number of aromatic amines is 1. The van der Waals surface area contributed by atoms with E-state index in [0.717, 1.165) is 48.4 Å². The molecule has 1 aliphatic rings. The highest BCUT2D eigenvalue weighted by Gasteiger charge is 2.22. The first kappa shape index (κ1) is 17.5. The van der Waals surface area contributed by atoms with Gasteiger partial charge < -0.3 is 14.9 Å². The summed E-state index contributed by atoms with van der Waals surface area (Å²) in [4.78, 5) is 28.2. The van der Waals surface area contributed by atoms with Crippen LogP contribution >= 0.6 is 0 Å². The number of para-hydroxylation sites is 1. The van der Waals surface area contributed by atoms with Crippen LogP contribution in [0.5, 0.6) is 0 Å². The highest BCUT2D eigenvalue weighted by Crippen LogP contribution is 2.22. The van der Waals surface area contributed by atoms with Gasteiger partial charge in [-0.2, -0.15) is 0 Å². The van der Waals surface area contributed by atoms with Crippen molar-refractivity contribution >= 4 is 22.6 Å². The maximum Gasteiger partial charge on any atom is 0.292 e. The first-order valence-electron chi connectivity index (χ1n) is 9.46. The molecule has 0 radical (unpaired) electrons. The van der Waals surface area contributed by atoms with Crippen LogP contribution in [0.25, 0.3) is 10.9 Å². The fourth-order valence-corrected chi connectivity index (χ4v) is 3.78. The van der Waals surface area contributed by atoms with Crippen molar-refractivity contribution in [2.45, 2.75) is 45.6 Å². The number of rotatable bonds is 5. The summed E-state index contributed by atoms with van der Waals surface area (Å²) in [6.45, 7) is 3.11. The van der Waals surface area contributed by atoms with Crippen molar-refractivity contribution in [3.05, 3.63) is 47.2 Å². The Morgan fingerprint density at radius 2 is 2.04 bits per heavy atom. The quantitative estimate of drug-likeness (QED) is 0.536. The van der Waals surface area contributed by atoms with Crippen LogP contribution in [-0.2, 0) is 24.2 Å². The van der Waals surface area contributed by atoms with Crippen molar-refractivity contribution in [1.82, 2.24) is 25.1 Å². The van der Waals surface area contributed by atoms with E-state index in [2.05, 4.69) is 25.1 Å². The topological polar surface area (TPSA) is 92.7 Å². The standard InChI is InChI=1S/C20H23N5O2/c1-13-18(14-7-4-5-8-15(14)22-13)19(26)20(27)21-11-10-17-24-23-16-9-3-2-6-12-25(16)17/h4-5,7-8,22H,2-3,6,9-12H2,1H3,(H,21,27). The first-order chi connectivity index (χ1) is 13.1. The molecule has 4 rings (SSSR count). The summed E-state index contributed by atoms with van der Waals surface area (Å²) in [6, 6.07) is 7.51. The van der Waals surface area contributed by atoms with Crippen molar-refractivity contribution in [2.24, 2.45) is 0 Å². The monoisotopic (exact) mass is 365 g/mol. The number of carbonyl (C=O) groups is 2. The van der Waals surface area contributed by atoms with E-state index in [9.17, 15) is 9.59 Å². The predicted octanol–water partition coefficient (Wildman–Crippen LogP) is 2.34. The van der Waals surface area contributed by atoms with Crippen LogP contribution in [0.4, 0.5) is 0 Å². The molecule has 0 saturated carbocycles. The number of H-pyrrole nitrogens is 1. The molecule has 7 heteroatoms. The minimum absolute atomic E-state index is 0.365. The lowest BCUT2D eigenvalue weighted by Crippen LogP contribution is -2.33. The molecule has 27 heavy (non-hydrogen) atoms. The van der Waals surface area contributed by atoms with Crippen molar-refractivity contribution < 1.29 is 9.59 Å². The van der Waals surface area contributed by atoms with E-state index in [4.69, 9.17) is 0 Å². The summed E-state index contributed by atoms with van der Waals surface area (Å²) in [7, 11) is 0. The van der Waals surface area contributed by atoms with Gasteiger partial charge in [-0.1, -0.05) is 24.6 Å². The molecule has 0 fully saturated rings. The van der Waals surface area contributed by atoms with Crippen molar-refractivity contribution in [3.63, 3.8) is 0 Å². The van der Waals surface area contributed by atoms with E-state index in [1.807, 2.05) is 31.2 Å². The fourth-order valence-electron chi connectivity index (χ4n) is 3.78. The molecule has 1 amide bonds. The zero-order valence-corrected chi connectivity index (χ0v) is 15.4. The number of ketones is 1. The summed E-state index contributed by atoms with van der Waals surface area (Å²) in [5, 5.41) is 12.0. The normalized spacial score (nSPS) is 14.0. The van der Waals surface area contributed by atoms with Gasteiger partial charge in [-0.25, -0.2) is 0 Å². The van der Waals surface area contributed by atoms with Crippen LogP contribution in [0, 0.1) is 6.92 Å². The molecule has 3 aromatic rings. The Balaban J connectivity index is 1.42. The van der Waals surface area contributed by atoms with Crippen molar-refractivity contribution in [2.75, 3.05) is 6.54 Å². The molecule has 7 nitrogen and oxygen atoms in total. The largest absolute Gasteiger partial charge is 0.358 e. The first-order valence-corrected chi connectivity index (χ1v) is 9.46. The maximum atomic E-state index is 12.6. The molecule has 0 aliphatic carbocycles. The maximum absolute atomic E-state index is 12.6. The van der Waals surface area contributed by atoms with Gasteiger partial charge in [-0.15, -0.1) is 10.2 Å². The third-order valence-electron chi connectivity index (χ3n) is 5.15. The van der Waals surface area contributed by atoms with Crippen LogP contribution < -0.4 is 5.32 Å². The minimum atomic E-state index is -0.585. The predicted molar refractivity (Wildman–Crippen MR) is 102 cm³/mol. The number of nitrogens with zero attached hydrogens (tertiary/aromatic N) is 3. The minimum Gasteiger partial charge on any atom is -0.358 e. The molecule has 2 aromatic heterocycles. The summed E-state index contributed by atoms with van der Waals surface area (Å²) in [5.74, 6) is 0.811. The lowest BCUT2D eigenvalue weighted by molar-refractivity contribution is -0.116. The molecule has 1 aliphatic heterocycles. The van der Waals surface area contributed by atoms with Crippen molar-refractivity contribution in [3.8, 4) is 0 Å². The molecular formula is C20H23N5O2. The Bertz CT molecular complexity index is 1000. The lowest BCUT2D eigenvalue weighted by atomic mass is 10.1. The SMILES string of the molecule is Cc1[nH]c2ccccc2c1C(=O)C(=O)NCCc1nnc2n1CCCCC2. The molecule has 0 unspecified atom stereocenters. The Labute approximate surface area is 157 Å². The number of hydrogen-bond acceptors (Lipinski definition) is 4. The molecule has 0 atom stereocenters. The van der Waals surface area contributed by atoms with Gasteiger partial charge in [0.05, 0.1) is 5.56 Å². The Morgan fingerprint density at radius 1 is 1.19 bits per heavy atom. The zero-order chi connectivity index (χ0) is 18.8. The van der Waals surface area contributed by atoms with Gasteiger partial charge in [-0.05, 0) is 25.8 Å². The smallest absolute Gasteiger partial charge is 0.292 e. The average molecular weight is 365 g/mol. The van der Waals surface area contributed by atoms with E-state index in [1.165, 1.54) is 6.42 Å². The average Bonchev–Trinajstić information content (AvgIpc) is 3.11. The summed E-state index contributed by atoms with van der Waals surface area (Å²) >= 11 is 0. The number of fused-ring (bicyclic) bond motifs is 2. The van der Waals surface area contributed by atoms with Gasteiger partial charge in [0.2, 0.25) is 0 Å². The third kappa shape index (κ3) is 3.37. The van der Waals surface area contributed by atoms with Crippen molar-refractivity contribution in [1.29, 1.82) is 0 Å². The van der Waals surface area contributed by atoms with E-state index in [-0.39, 0.29) is 0 Å². The molecule has 2 N–H and O–H groups in total. The van der Waals surface area contributed by atoms with Gasteiger partial charge in [0.1, 0.15) is 11.6 Å². The van der Waals surface area contributed by atoms with Gasteiger partial charge in [-0.3, -0.25) is 9.59 Å². The Kier molecular flexibility index (Phi) is 4.75. The summed E-state index contributed by atoms with van der Waals surface area (Å²) in [6.07, 6.45) is 5.00. The second kappa shape index (κ2) is 7.34. The molecule has 1 aromatic carbocycles. The molecule has 0 spiro atoms. The van der Waals surface area contributed by atoms with E-state index in [0.29, 0.717) is 24.2 Å². The highest BCUT2D eigenvalue weighted by atomic mass is 16.2. The lowest BCUT2D eigenvalue weighted by Gasteiger charge is -2.08. The number of aryl methyl sites for hydroxylation is 2. The van der Waals surface area contributed by atoms with Gasteiger partial charge in [0.25, 0.3) is 11.7 Å². The van der Waals surface area contributed by atoms with Crippen LogP contribution in [0.1, 0.15) is 47.0 Å². The second-order valence-corrected chi connectivity index (χ2v) is 7.00. The van der Waals surface area contributed by atoms with Crippen LogP contribution in [0.3, 0.4) is 0 Å². The summed E-state index contributed by atoms with van der Waals surface area (Å²) < 4.78 is 2.16. The number of hydrogen-bond donors (Lipinski definition) is 2. The number of Topliss-reactive ketones (excluding diaryl/α,β-unsaturated/α-hetero) is 1.